The second-order valence-corrected chi connectivity index (χ2v) is 2.62. The van der Waals surface area contributed by atoms with Gasteiger partial charge in [0, 0.05) is 6.07 Å². The lowest BCUT2D eigenvalue weighted by Crippen LogP contribution is -2.36. The minimum absolute atomic E-state index is 0.0386. The van der Waals surface area contributed by atoms with E-state index in [-0.39, 0.29) is 16.8 Å². The highest BCUT2D eigenvalue weighted by atomic mass is 16.5. The molecule has 0 aliphatic rings. The van der Waals surface area contributed by atoms with Gasteiger partial charge in [-0.1, -0.05) is 0 Å². The van der Waals surface area contributed by atoms with Crippen molar-refractivity contribution in [1.82, 2.24) is 0 Å². The Morgan fingerprint density at radius 2 is 1.62 bits per heavy atom. The van der Waals surface area contributed by atoms with Gasteiger partial charge in [-0.05, 0) is 6.07 Å². The summed E-state index contributed by atoms with van der Waals surface area (Å²) in [4.78, 5) is 0. The lowest BCUT2D eigenvalue weighted by Gasteiger charge is -2.01. The van der Waals surface area contributed by atoms with Gasteiger partial charge in [0.15, 0.2) is 0 Å². The van der Waals surface area contributed by atoms with E-state index in [1.54, 1.807) is 0 Å². The number of aromatic nitrogens is 2. The zero-order chi connectivity index (χ0) is 9.42. The molecule has 5 nitrogen and oxygen atoms in total. The number of fused-ring (bicyclic) bond motifs is 1. The number of hydrogen-bond acceptors (Lipinski definition) is 3. The zero-order valence-corrected chi connectivity index (χ0v) is 6.54. The molecule has 0 spiro atoms. The normalized spacial score (nSPS) is 10.5. The van der Waals surface area contributed by atoms with Crippen LogP contribution in [0, 0.1) is 10.4 Å². The fraction of sp³-hybridized carbons (Fsp3) is 0. The molecule has 0 unspecified atom stereocenters. The summed E-state index contributed by atoms with van der Waals surface area (Å²) in [5.74, 6) is -0.0386. The van der Waals surface area contributed by atoms with Gasteiger partial charge in [-0.15, -0.1) is 0 Å². The van der Waals surface area contributed by atoms with Crippen LogP contribution in [0.3, 0.4) is 0 Å². The smallest absolute Gasteiger partial charge is 0.293 e. The van der Waals surface area contributed by atoms with Gasteiger partial charge >= 0.3 is 0 Å². The van der Waals surface area contributed by atoms with Gasteiger partial charge in [-0.25, -0.2) is 0 Å². The summed E-state index contributed by atoms with van der Waals surface area (Å²) < 4.78 is 1.10. The monoisotopic (exact) mass is 178 g/mol. The second kappa shape index (κ2) is 2.48. The number of nitrogens with zero attached hydrogens (tertiary/aromatic N) is 2. The SMILES string of the molecule is [O-][n+]1cc[n+]([O-])c2cc(O)ccc21. The third-order valence-corrected chi connectivity index (χ3v) is 1.77. The van der Waals surface area contributed by atoms with Gasteiger partial charge in [-0.3, -0.25) is 0 Å². The van der Waals surface area contributed by atoms with Crippen molar-refractivity contribution in [2.75, 3.05) is 0 Å². The van der Waals surface area contributed by atoms with Crippen LogP contribution in [0.1, 0.15) is 0 Å². The third-order valence-electron chi connectivity index (χ3n) is 1.77. The Morgan fingerprint density at radius 1 is 1.00 bits per heavy atom. The number of rotatable bonds is 0. The summed E-state index contributed by atoms with van der Waals surface area (Å²) in [6.45, 7) is 0. The van der Waals surface area contributed by atoms with Gasteiger partial charge < -0.3 is 15.5 Å². The van der Waals surface area contributed by atoms with E-state index in [4.69, 9.17) is 5.11 Å². The van der Waals surface area contributed by atoms with Gasteiger partial charge in [0.1, 0.15) is 5.75 Å². The molecule has 66 valence electrons. The maximum atomic E-state index is 11.1. The molecule has 0 saturated heterocycles. The maximum absolute atomic E-state index is 11.1. The number of benzene rings is 1. The molecule has 0 bridgehead atoms. The molecule has 1 heterocycles. The van der Waals surface area contributed by atoms with E-state index in [9.17, 15) is 10.4 Å². The number of hydrogen-bond donors (Lipinski definition) is 1. The number of aromatic hydroxyl groups is 1. The van der Waals surface area contributed by atoms with Crippen molar-refractivity contribution < 1.29 is 14.6 Å². The molecule has 2 rings (SSSR count). The standard InChI is InChI=1S/C8H6N2O3/c11-6-1-2-7-8(5-6)10(13)4-3-9(7)12/h1-5,11H. The molecular weight excluding hydrogens is 172 g/mol. The van der Waals surface area contributed by atoms with Crippen LogP contribution >= 0.6 is 0 Å². The first-order valence-corrected chi connectivity index (χ1v) is 3.62. The lowest BCUT2D eigenvalue weighted by molar-refractivity contribution is -0.628. The van der Waals surface area contributed by atoms with Crippen molar-refractivity contribution in [2.45, 2.75) is 0 Å². The fourth-order valence-electron chi connectivity index (χ4n) is 1.16. The molecule has 5 heteroatoms. The average molecular weight is 178 g/mol. The maximum Gasteiger partial charge on any atom is 0.293 e. The summed E-state index contributed by atoms with van der Waals surface area (Å²) in [5, 5.41) is 31.3. The molecular formula is C8H6N2O3. The Bertz CT molecular complexity index is 470. The van der Waals surface area contributed by atoms with Crippen molar-refractivity contribution in [1.29, 1.82) is 0 Å². The Morgan fingerprint density at radius 3 is 2.31 bits per heavy atom. The predicted octanol–water partition coefficient (Wildman–Crippen LogP) is -0.188. The predicted molar refractivity (Wildman–Crippen MR) is 43.5 cm³/mol. The van der Waals surface area contributed by atoms with E-state index in [1.807, 2.05) is 0 Å². The molecule has 1 aromatic carbocycles. The zero-order valence-electron chi connectivity index (χ0n) is 6.54. The van der Waals surface area contributed by atoms with Crippen LogP contribution in [0.4, 0.5) is 0 Å². The molecule has 0 aliphatic heterocycles. The van der Waals surface area contributed by atoms with Crippen molar-refractivity contribution in [3.8, 4) is 5.75 Å². The molecule has 2 aromatic rings. The summed E-state index contributed by atoms with van der Waals surface area (Å²) in [5.41, 5.74) is 0.382. The molecule has 0 aliphatic carbocycles. The van der Waals surface area contributed by atoms with E-state index in [1.165, 1.54) is 18.2 Å². The van der Waals surface area contributed by atoms with E-state index in [2.05, 4.69) is 0 Å². The summed E-state index contributed by atoms with van der Waals surface area (Å²) in [6.07, 6.45) is 2.21. The van der Waals surface area contributed by atoms with Crippen molar-refractivity contribution in [3.63, 3.8) is 0 Å². The van der Waals surface area contributed by atoms with Crippen LogP contribution in [0.25, 0.3) is 11.0 Å². The highest BCUT2D eigenvalue weighted by molar-refractivity contribution is 5.69. The van der Waals surface area contributed by atoms with Gasteiger partial charge in [0.2, 0.25) is 12.4 Å². The van der Waals surface area contributed by atoms with Crippen LogP contribution in [0.15, 0.2) is 30.6 Å². The third kappa shape index (κ3) is 1.10. The van der Waals surface area contributed by atoms with Crippen LogP contribution in [-0.4, -0.2) is 5.11 Å². The highest BCUT2D eigenvalue weighted by Crippen LogP contribution is 2.12. The average Bonchev–Trinajstić information content (AvgIpc) is 2.12. The first-order chi connectivity index (χ1) is 6.18. The van der Waals surface area contributed by atoms with Crippen LogP contribution in [-0.2, 0) is 0 Å². The molecule has 0 atom stereocenters. The van der Waals surface area contributed by atoms with Crippen LogP contribution in [0.2, 0.25) is 0 Å². The molecule has 13 heavy (non-hydrogen) atoms. The summed E-state index contributed by atoms with van der Waals surface area (Å²) in [7, 11) is 0. The Labute approximate surface area is 73.3 Å². The fourth-order valence-corrected chi connectivity index (χ4v) is 1.16. The second-order valence-electron chi connectivity index (χ2n) is 2.62. The lowest BCUT2D eigenvalue weighted by atomic mass is 10.3. The van der Waals surface area contributed by atoms with E-state index in [0.717, 1.165) is 12.4 Å². The van der Waals surface area contributed by atoms with E-state index in [0.29, 0.717) is 9.46 Å². The van der Waals surface area contributed by atoms with Crippen molar-refractivity contribution in [2.24, 2.45) is 0 Å². The molecule has 1 N–H and O–H groups in total. The quantitative estimate of drug-likeness (QED) is 0.449. The summed E-state index contributed by atoms with van der Waals surface area (Å²) >= 11 is 0. The molecule has 1 aromatic heterocycles. The number of phenolic OH excluding ortho intramolecular Hbond substituents is 1. The largest absolute Gasteiger partial charge is 0.618 e. The molecule has 0 amide bonds. The van der Waals surface area contributed by atoms with Crippen LogP contribution < -0.4 is 9.46 Å². The Hall–Kier alpha value is -2.04. The molecule has 0 fully saturated rings. The first kappa shape index (κ1) is 7.60. The van der Waals surface area contributed by atoms with Gasteiger partial charge in [0.25, 0.3) is 11.0 Å². The summed E-state index contributed by atoms with van der Waals surface area (Å²) in [6, 6.07) is 4.00. The van der Waals surface area contributed by atoms with Gasteiger partial charge in [0.05, 0.1) is 6.07 Å². The number of phenols is 1. The minimum Gasteiger partial charge on any atom is -0.618 e. The highest BCUT2D eigenvalue weighted by Gasteiger charge is 2.12. The van der Waals surface area contributed by atoms with Crippen molar-refractivity contribution in [3.05, 3.63) is 41.0 Å². The Kier molecular flexibility index (Phi) is 1.45. The first-order valence-electron chi connectivity index (χ1n) is 3.62. The Balaban J connectivity index is 2.92. The minimum atomic E-state index is -0.0386. The van der Waals surface area contributed by atoms with Gasteiger partial charge in [-0.2, -0.15) is 9.46 Å². The molecule has 0 radical (unpaired) electrons. The van der Waals surface area contributed by atoms with E-state index < -0.39 is 0 Å². The van der Waals surface area contributed by atoms with Crippen LogP contribution in [0.5, 0.6) is 5.75 Å². The van der Waals surface area contributed by atoms with Crippen molar-refractivity contribution >= 4 is 11.0 Å². The molecule has 0 saturated carbocycles. The van der Waals surface area contributed by atoms with E-state index >= 15 is 0 Å². The topological polar surface area (TPSA) is 74.1 Å².